The number of aromatic nitrogens is 2. The fraction of sp³-hybridized carbons (Fsp3) is 0.692. The molecule has 0 radical (unpaired) electrons. The summed E-state index contributed by atoms with van der Waals surface area (Å²) in [7, 11) is -4.09. The molecule has 2 rings (SSSR count). The molecule has 0 spiro atoms. The highest BCUT2D eigenvalue weighted by atomic mass is 32.2. The predicted molar refractivity (Wildman–Crippen MR) is 74.8 cm³/mol. The molecule has 0 saturated heterocycles. The molecular formula is C13H19F2N3O3S. The summed E-state index contributed by atoms with van der Waals surface area (Å²) in [5, 5.41) is 3.89. The molecule has 1 heterocycles. The van der Waals surface area contributed by atoms with Gasteiger partial charge in [0.1, 0.15) is 4.90 Å². The Morgan fingerprint density at radius 1 is 1.50 bits per heavy atom. The maximum Gasteiger partial charge on any atom is 0.267 e. The van der Waals surface area contributed by atoms with Gasteiger partial charge in [0.25, 0.3) is 10.0 Å². The quantitative estimate of drug-likeness (QED) is 0.913. The van der Waals surface area contributed by atoms with Crippen LogP contribution in [0.5, 0.6) is 0 Å². The molecule has 0 aromatic carbocycles. The van der Waals surface area contributed by atoms with Crippen LogP contribution in [0.25, 0.3) is 0 Å². The molecule has 1 aliphatic rings. The van der Waals surface area contributed by atoms with Crippen molar-refractivity contribution in [3.8, 4) is 0 Å². The number of carbonyl (C=O) groups excluding carboxylic acids is 1. The Balaban J connectivity index is 2.09. The van der Waals surface area contributed by atoms with Crippen LogP contribution < -0.4 is 4.72 Å². The van der Waals surface area contributed by atoms with Gasteiger partial charge in [-0.25, -0.2) is 21.9 Å². The number of amides is 1. The molecule has 0 bridgehead atoms. The predicted octanol–water partition coefficient (Wildman–Crippen LogP) is 2.09. The average Bonchev–Trinajstić information content (AvgIpc) is 2.87. The largest absolute Gasteiger partial charge is 0.274 e. The van der Waals surface area contributed by atoms with Crippen molar-refractivity contribution in [1.82, 2.24) is 14.5 Å². The number of rotatable bonds is 4. The van der Waals surface area contributed by atoms with Crippen LogP contribution in [0.2, 0.25) is 0 Å². The fourth-order valence-electron chi connectivity index (χ4n) is 2.41. The summed E-state index contributed by atoms with van der Waals surface area (Å²) in [6.07, 6.45) is 2.03. The summed E-state index contributed by atoms with van der Waals surface area (Å²) in [5.74, 6) is -4.78. The van der Waals surface area contributed by atoms with Gasteiger partial charge >= 0.3 is 0 Å². The molecule has 1 amide bonds. The summed E-state index contributed by atoms with van der Waals surface area (Å²) in [6, 6.07) is -0.0308. The van der Waals surface area contributed by atoms with E-state index in [9.17, 15) is 22.0 Å². The highest BCUT2D eigenvalue weighted by Crippen LogP contribution is 2.36. The highest BCUT2D eigenvalue weighted by molar-refractivity contribution is 7.90. The van der Waals surface area contributed by atoms with Gasteiger partial charge in [0.2, 0.25) is 11.8 Å². The second kappa shape index (κ2) is 5.94. The van der Waals surface area contributed by atoms with E-state index in [1.807, 2.05) is 18.6 Å². The Bertz CT molecular complexity index is 655. The molecule has 6 nitrogen and oxygen atoms in total. The number of nitrogens with zero attached hydrogens (tertiary/aromatic N) is 2. The van der Waals surface area contributed by atoms with E-state index in [1.54, 1.807) is 0 Å². The van der Waals surface area contributed by atoms with Crippen molar-refractivity contribution in [2.24, 2.45) is 5.92 Å². The minimum Gasteiger partial charge on any atom is -0.274 e. The van der Waals surface area contributed by atoms with E-state index in [4.69, 9.17) is 0 Å². The van der Waals surface area contributed by atoms with Gasteiger partial charge in [-0.1, -0.05) is 0 Å². The van der Waals surface area contributed by atoms with Gasteiger partial charge in [-0.2, -0.15) is 5.10 Å². The Morgan fingerprint density at radius 3 is 2.73 bits per heavy atom. The molecule has 22 heavy (non-hydrogen) atoms. The third-order valence-corrected chi connectivity index (χ3v) is 4.96. The Kier molecular flexibility index (Phi) is 4.55. The first-order chi connectivity index (χ1) is 10.1. The maximum atomic E-state index is 13.3. The van der Waals surface area contributed by atoms with Crippen molar-refractivity contribution < 1.29 is 22.0 Å². The molecular weight excluding hydrogens is 316 g/mol. The van der Waals surface area contributed by atoms with Gasteiger partial charge in [0, 0.05) is 31.0 Å². The Labute approximate surface area is 127 Å². The van der Waals surface area contributed by atoms with Crippen LogP contribution in [0.1, 0.15) is 45.6 Å². The molecule has 1 N–H and O–H groups in total. The fourth-order valence-corrected chi connectivity index (χ4v) is 3.39. The van der Waals surface area contributed by atoms with Crippen LogP contribution in [-0.2, 0) is 14.8 Å². The van der Waals surface area contributed by atoms with E-state index in [1.165, 1.54) is 10.9 Å². The zero-order valence-electron chi connectivity index (χ0n) is 12.4. The van der Waals surface area contributed by atoms with E-state index < -0.39 is 34.2 Å². The maximum absolute atomic E-state index is 13.3. The molecule has 124 valence electrons. The van der Waals surface area contributed by atoms with E-state index >= 15 is 0 Å². The van der Waals surface area contributed by atoms with Crippen LogP contribution in [0, 0.1) is 5.92 Å². The van der Waals surface area contributed by atoms with Crippen LogP contribution in [0.15, 0.2) is 17.3 Å². The molecule has 0 aliphatic heterocycles. The lowest BCUT2D eigenvalue weighted by atomic mass is 9.86. The number of alkyl halides is 2. The Morgan fingerprint density at radius 2 is 2.18 bits per heavy atom. The lowest BCUT2D eigenvalue weighted by Crippen LogP contribution is -2.40. The van der Waals surface area contributed by atoms with E-state index in [2.05, 4.69) is 5.10 Å². The zero-order valence-corrected chi connectivity index (χ0v) is 13.2. The van der Waals surface area contributed by atoms with Gasteiger partial charge < -0.3 is 0 Å². The second-order valence-electron chi connectivity index (χ2n) is 5.87. The van der Waals surface area contributed by atoms with Gasteiger partial charge in [-0.15, -0.1) is 0 Å². The van der Waals surface area contributed by atoms with Crippen LogP contribution in [0.4, 0.5) is 8.78 Å². The molecule has 1 aromatic heterocycles. The van der Waals surface area contributed by atoms with Crippen molar-refractivity contribution in [3.05, 3.63) is 12.4 Å². The molecule has 1 fully saturated rings. The second-order valence-corrected chi connectivity index (χ2v) is 7.55. The first-order valence-corrected chi connectivity index (χ1v) is 8.58. The van der Waals surface area contributed by atoms with Crippen LogP contribution in [0.3, 0.4) is 0 Å². The molecule has 9 heteroatoms. The summed E-state index contributed by atoms with van der Waals surface area (Å²) < 4.78 is 54.2. The summed E-state index contributed by atoms with van der Waals surface area (Å²) in [5.41, 5.74) is 0. The van der Waals surface area contributed by atoms with Crippen molar-refractivity contribution in [2.75, 3.05) is 0 Å². The third-order valence-electron chi connectivity index (χ3n) is 3.66. The van der Waals surface area contributed by atoms with E-state index in [0.29, 0.717) is 0 Å². The first-order valence-electron chi connectivity index (χ1n) is 7.09. The smallest absolute Gasteiger partial charge is 0.267 e. The summed E-state index contributed by atoms with van der Waals surface area (Å²) in [4.78, 5) is 11.8. The number of carbonyl (C=O) groups is 1. The van der Waals surface area contributed by atoms with Crippen molar-refractivity contribution in [1.29, 1.82) is 0 Å². The van der Waals surface area contributed by atoms with Crippen molar-refractivity contribution >= 4 is 15.9 Å². The standard InChI is InChI=1S/C13H19F2N3O3S/c1-9(2)18-8-11(7-16-18)22(20,21)17-12(19)10-4-3-5-13(14,15)6-10/h7-10H,3-6H2,1-2H3,(H,17,19). The number of hydrogen-bond donors (Lipinski definition) is 1. The SMILES string of the molecule is CC(C)n1cc(S(=O)(=O)NC(=O)C2CCCC(F)(F)C2)cn1. The minimum absolute atomic E-state index is 0.0308. The third kappa shape index (κ3) is 3.82. The monoisotopic (exact) mass is 335 g/mol. The Hall–Kier alpha value is -1.51. The topological polar surface area (TPSA) is 81.1 Å². The average molecular weight is 335 g/mol. The number of halogens is 2. The van der Waals surface area contributed by atoms with Gasteiger partial charge in [-0.3, -0.25) is 9.48 Å². The van der Waals surface area contributed by atoms with Crippen LogP contribution in [-0.4, -0.2) is 30.0 Å². The van der Waals surface area contributed by atoms with E-state index in [0.717, 1.165) is 6.20 Å². The number of sulfonamides is 1. The molecule has 1 unspecified atom stereocenters. The first kappa shape index (κ1) is 16.9. The van der Waals surface area contributed by atoms with Gasteiger partial charge in [-0.05, 0) is 26.7 Å². The van der Waals surface area contributed by atoms with Gasteiger partial charge in [0.15, 0.2) is 0 Å². The van der Waals surface area contributed by atoms with Crippen molar-refractivity contribution in [3.63, 3.8) is 0 Å². The molecule has 1 atom stereocenters. The summed E-state index contributed by atoms with van der Waals surface area (Å²) >= 11 is 0. The lowest BCUT2D eigenvalue weighted by Gasteiger charge is -2.27. The molecule has 1 aromatic rings. The molecule has 1 aliphatic carbocycles. The summed E-state index contributed by atoms with van der Waals surface area (Å²) in [6.45, 7) is 3.65. The minimum atomic E-state index is -4.09. The molecule has 1 saturated carbocycles. The van der Waals surface area contributed by atoms with Crippen LogP contribution >= 0.6 is 0 Å². The zero-order chi connectivity index (χ0) is 16.5. The normalized spacial score (nSPS) is 21.8. The van der Waals surface area contributed by atoms with Gasteiger partial charge in [0.05, 0.1) is 6.20 Å². The number of nitrogens with one attached hydrogen (secondary N) is 1. The number of hydrogen-bond acceptors (Lipinski definition) is 4. The van der Waals surface area contributed by atoms with E-state index in [-0.39, 0.29) is 30.2 Å². The lowest BCUT2D eigenvalue weighted by molar-refractivity contribution is -0.130. The van der Waals surface area contributed by atoms with Crippen molar-refractivity contribution in [2.45, 2.75) is 56.4 Å². The highest BCUT2D eigenvalue weighted by Gasteiger charge is 2.40.